The fourth-order valence-corrected chi connectivity index (χ4v) is 2.89. The maximum atomic E-state index is 12.7. The van der Waals surface area contributed by atoms with E-state index in [-0.39, 0.29) is 17.6 Å². The average Bonchev–Trinajstić information content (AvgIpc) is 2.96. The van der Waals surface area contributed by atoms with Crippen molar-refractivity contribution in [2.24, 2.45) is 0 Å². The summed E-state index contributed by atoms with van der Waals surface area (Å²) in [6, 6.07) is 8.90. The van der Waals surface area contributed by atoms with Crippen molar-refractivity contribution >= 4 is 29.0 Å². The Labute approximate surface area is 138 Å². The number of rotatable bonds is 3. The van der Waals surface area contributed by atoms with Crippen LogP contribution in [0.15, 0.2) is 36.7 Å². The number of carbonyl (C=O) groups excluding carboxylic acids is 1. The van der Waals surface area contributed by atoms with Crippen LogP contribution in [0.25, 0.3) is 0 Å². The van der Waals surface area contributed by atoms with Crippen molar-refractivity contribution in [1.29, 1.82) is 5.26 Å². The molecule has 1 aliphatic rings. The molecule has 3 rings (SSSR count). The monoisotopic (exact) mass is 327 g/mol. The van der Waals surface area contributed by atoms with Crippen LogP contribution in [0.4, 0.5) is 11.5 Å². The molecule has 1 aliphatic heterocycles. The van der Waals surface area contributed by atoms with Crippen molar-refractivity contribution in [1.82, 2.24) is 9.97 Å². The number of benzene rings is 1. The second kappa shape index (κ2) is 6.23. The molecule has 116 valence electrons. The van der Waals surface area contributed by atoms with Crippen LogP contribution in [0.2, 0.25) is 5.02 Å². The van der Waals surface area contributed by atoms with Crippen molar-refractivity contribution in [3.8, 4) is 6.07 Å². The summed E-state index contributed by atoms with van der Waals surface area (Å²) in [5.74, 6) is 0.537. The van der Waals surface area contributed by atoms with Gasteiger partial charge in [-0.25, -0.2) is 9.97 Å². The van der Waals surface area contributed by atoms with Gasteiger partial charge in [0.25, 0.3) is 0 Å². The maximum Gasteiger partial charge on any atom is 0.249 e. The van der Waals surface area contributed by atoms with E-state index in [4.69, 9.17) is 16.9 Å². The van der Waals surface area contributed by atoms with Gasteiger partial charge in [-0.15, -0.1) is 0 Å². The summed E-state index contributed by atoms with van der Waals surface area (Å²) in [4.78, 5) is 24.4. The SMILES string of the molecule is CN(c1cnc(C#N)cn1)[C@@H]1CCN(c2ccccc2Cl)C1=O. The fraction of sp³-hybridized carbons (Fsp3) is 0.250. The standard InChI is InChI=1S/C16H14ClN5O/c1-21(15-10-19-11(8-18)9-20-15)14-6-7-22(16(14)23)13-5-3-2-4-12(13)17/h2-5,9-10,14H,6-7H2,1H3/t14-/m1/s1. The Morgan fingerprint density at radius 2 is 2.13 bits per heavy atom. The van der Waals surface area contributed by atoms with Gasteiger partial charge in [-0.05, 0) is 18.6 Å². The van der Waals surface area contributed by atoms with Gasteiger partial charge in [0.05, 0.1) is 23.1 Å². The van der Waals surface area contributed by atoms with Crippen molar-refractivity contribution in [2.75, 3.05) is 23.4 Å². The molecule has 0 aliphatic carbocycles. The minimum Gasteiger partial charge on any atom is -0.346 e. The third-order valence-corrected chi connectivity index (χ3v) is 4.22. The van der Waals surface area contributed by atoms with Crippen LogP contribution in [0.5, 0.6) is 0 Å². The molecule has 1 aromatic carbocycles. The van der Waals surface area contributed by atoms with Gasteiger partial charge in [0, 0.05) is 13.6 Å². The summed E-state index contributed by atoms with van der Waals surface area (Å²) in [6.45, 7) is 0.598. The summed E-state index contributed by atoms with van der Waals surface area (Å²) in [7, 11) is 1.80. The highest BCUT2D eigenvalue weighted by molar-refractivity contribution is 6.34. The molecule has 0 saturated carbocycles. The number of anilines is 2. The minimum absolute atomic E-state index is 0.0215. The topological polar surface area (TPSA) is 73.1 Å². The number of hydrogen-bond donors (Lipinski definition) is 0. The Morgan fingerprint density at radius 3 is 2.78 bits per heavy atom. The molecule has 1 atom stereocenters. The second-order valence-electron chi connectivity index (χ2n) is 5.23. The van der Waals surface area contributed by atoms with E-state index in [2.05, 4.69) is 9.97 Å². The van der Waals surface area contributed by atoms with Crippen molar-refractivity contribution in [2.45, 2.75) is 12.5 Å². The lowest BCUT2D eigenvalue weighted by Crippen LogP contribution is -2.40. The van der Waals surface area contributed by atoms with Crippen LogP contribution in [-0.4, -0.2) is 35.5 Å². The Morgan fingerprint density at radius 1 is 1.35 bits per heavy atom. The molecule has 1 saturated heterocycles. The quantitative estimate of drug-likeness (QED) is 0.864. The number of likely N-dealkylation sites (N-methyl/N-ethyl adjacent to an activating group) is 1. The predicted octanol–water partition coefficient (Wildman–Crippen LogP) is 2.24. The molecule has 0 spiro atoms. The summed E-state index contributed by atoms with van der Waals surface area (Å²) in [5.41, 5.74) is 0.971. The Balaban J connectivity index is 1.81. The zero-order chi connectivity index (χ0) is 16.4. The first-order chi connectivity index (χ1) is 11.1. The van der Waals surface area contributed by atoms with Gasteiger partial charge in [-0.3, -0.25) is 4.79 Å². The summed E-state index contributed by atoms with van der Waals surface area (Å²) >= 11 is 6.19. The van der Waals surface area contributed by atoms with Gasteiger partial charge in [0.15, 0.2) is 5.69 Å². The smallest absolute Gasteiger partial charge is 0.249 e. The lowest BCUT2D eigenvalue weighted by Gasteiger charge is -2.24. The highest BCUT2D eigenvalue weighted by Crippen LogP contribution is 2.30. The number of carbonyl (C=O) groups is 1. The molecule has 0 radical (unpaired) electrons. The van der Waals surface area contributed by atoms with E-state index in [1.54, 1.807) is 22.9 Å². The van der Waals surface area contributed by atoms with Gasteiger partial charge in [0.2, 0.25) is 5.91 Å². The molecular weight excluding hydrogens is 314 g/mol. The Bertz CT molecular complexity index is 771. The third kappa shape index (κ3) is 2.83. The van der Waals surface area contributed by atoms with Crippen LogP contribution < -0.4 is 9.80 Å². The Hall–Kier alpha value is -2.65. The first-order valence-electron chi connectivity index (χ1n) is 7.12. The lowest BCUT2D eigenvalue weighted by molar-refractivity contribution is -0.118. The van der Waals surface area contributed by atoms with E-state index in [1.807, 2.05) is 24.3 Å². The molecule has 1 fully saturated rings. The molecule has 23 heavy (non-hydrogen) atoms. The van der Waals surface area contributed by atoms with Gasteiger partial charge >= 0.3 is 0 Å². The number of amides is 1. The third-order valence-electron chi connectivity index (χ3n) is 3.90. The van der Waals surface area contributed by atoms with Gasteiger partial charge in [0.1, 0.15) is 17.9 Å². The van der Waals surface area contributed by atoms with Crippen LogP contribution >= 0.6 is 11.6 Å². The average molecular weight is 328 g/mol. The first kappa shape index (κ1) is 15.3. The summed E-state index contributed by atoms with van der Waals surface area (Å²) in [5, 5.41) is 9.33. The van der Waals surface area contributed by atoms with E-state index >= 15 is 0 Å². The normalized spacial score (nSPS) is 17.2. The highest BCUT2D eigenvalue weighted by Gasteiger charge is 2.36. The molecule has 1 aromatic heterocycles. The lowest BCUT2D eigenvalue weighted by atomic mass is 10.2. The van der Waals surface area contributed by atoms with Crippen molar-refractivity contribution in [3.05, 3.63) is 47.4 Å². The highest BCUT2D eigenvalue weighted by atomic mass is 35.5. The Kier molecular flexibility index (Phi) is 4.13. The van der Waals surface area contributed by atoms with E-state index in [9.17, 15) is 4.79 Å². The molecule has 7 heteroatoms. The van der Waals surface area contributed by atoms with E-state index in [1.165, 1.54) is 12.4 Å². The van der Waals surface area contributed by atoms with Crippen LogP contribution in [0.3, 0.4) is 0 Å². The van der Waals surface area contributed by atoms with Gasteiger partial charge in [-0.2, -0.15) is 5.26 Å². The molecule has 0 bridgehead atoms. The zero-order valence-corrected chi connectivity index (χ0v) is 13.2. The van der Waals surface area contributed by atoms with Crippen LogP contribution in [-0.2, 0) is 4.79 Å². The van der Waals surface area contributed by atoms with Crippen molar-refractivity contribution < 1.29 is 4.79 Å². The van der Waals surface area contributed by atoms with E-state index < -0.39 is 0 Å². The van der Waals surface area contributed by atoms with Gasteiger partial charge < -0.3 is 9.80 Å². The van der Waals surface area contributed by atoms with Crippen molar-refractivity contribution in [3.63, 3.8) is 0 Å². The molecule has 2 heterocycles. The number of halogens is 1. The number of para-hydroxylation sites is 1. The fourth-order valence-electron chi connectivity index (χ4n) is 2.65. The maximum absolute atomic E-state index is 12.7. The molecule has 0 N–H and O–H groups in total. The molecule has 1 amide bonds. The first-order valence-corrected chi connectivity index (χ1v) is 7.50. The number of nitrogens with zero attached hydrogens (tertiary/aromatic N) is 5. The predicted molar refractivity (Wildman–Crippen MR) is 87.4 cm³/mol. The van der Waals surface area contributed by atoms with Crippen LogP contribution in [0, 0.1) is 11.3 Å². The molecule has 0 unspecified atom stereocenters. The number of nitriles is 1. The van der Waals surface area contributed by atoms with E-state index in [0.29, 0.717) is 23.8 Å². The summed E-state index contributed by atoms with van der Waals surface area (Å²) < 4.78 is 0. The summed E-state index contributed by atoms with van der Waals surface area (Å²) in [6.07, 6.45) is 3.57. The molecular formula is C16H14ClN5O. The van der Waals surface area contributed by atoms with Gasteiger partial charge in [-0.1, -0.05) is 23.7 Å². The minimum atomic E-state index is -0.325. The molecule has 6 nitrogen and oxygen atoms in total. The van der Waals surface area contributed by atoms with E-state index in [0.717, 1.165) is 5.69 Å². The largest absolute Gasteiger partial charge is 0.346 e. The second-order valence-corrected chi connectivity index (χ2v) is 5.64. The van der Waals surface area contributed by atoms with Crippen LogP contribution in [0.1, 0.15) is 12.1 Å². The number of aromatic nitrogens is 2. The number of hydrogen-bond acceptors (Lipinski definition) is 5. The molecule has 2 aromatic rings. The zero-order valence-electron chi connectivity index (χ0n) is 12.5.